The van der Waals surface area contributed by atoms with Gasteiger partial charge in [-0.05, 0) is 42.7 Å². The molecule has 0 spiro atoms. The van der Waals surface area contributed by atoms with Gasteiger partial charge in [-0.25, -0.2) is 4.39 Å². The predicted molar refractivity (Wildman–Crippen MR) is 87.1 cm³/mol. The Balaban J connectivity index is 1.81. The van der Waals surface area contributed by atoms with Crippen LogP contribution in [0.3, 0.4) is 0 Å². The molecule has 2 N–H and O–H groups in total. The lowest BCUT2D eigenvalue weighted by atomic mass is 10.1. The van der Waals surface area contributed by atoms with Crippen LogP contribution < -0.4 is 15.4 Å². The molecule has 0 heterocycles. The van der Waals surface area contributed by atoms with E-state index in [2.05, 4.69) is 15.4 Å². The number of hydrogen-bond acceptors (Lipinski definition) is 3. The van der Waals surface area contributed by atoms with Crippen LogP contribution in [-0.4, -0.2) is 18.3 Å². The zero-order chi connectivity index (χ0) is 18.7. The fraction of sp³-hybridized carbons (Fsp3) is 0.278. The highest BCUT2D eigenvalue weighted by Gasteiger charge is 2.31. The summed E-state index contributed by atoms with van der Waals surface area (Å²) in [6, 6.07) is 9.78. The van der Waals surface area contributed by atoms with E-state index in [0.717, 1.165) is 25.0 Å². The normalized spacial score (nSPS) is 15.2. The summed E-state index contributed by atoms with van der Waals surface area (Å²) in [4.78, 5) is 12.5. The molecule has 1 amide bonds. The van der Waals surface area contributed by atoms with Gasteiger partial charge in [-0.1, -0.05) is 18.2 Å². The lowest BCUT2D eigenvalue weighted by Crippen LogP contribution is -2.34. The fourth-order valence-electron chi connectivity index (χ4n) is 2.42. The number of nitrogens with one attached hydrogen (secondary N) is 2. The first-order valence-corrected chi connectivity index (χ1v) is 7.98. The summed E-state index contributed by atoms with van der Waals surface area (Å²) >= 11 is 0. The van der Waals surface area contributed by atoms with Gasteiger partial charge < -0.3 is 15.4 Å². The van der Waals surface area contributed by atoms with Crippen molar-refractivity contribution in [3.8, 4) is 5.75 Å². The molecular formula is C18H16F4N2O2. The van der Waals surface area contributed by atoms with Crippen molar-refractivity contribution in [3.63, 3.8) is 0 Å². The molecule has 138 valence electrons. The van der Waals surface area contributed by atoms with Gasteiger partial charge >= 0.3 is 6.36 Å². The number of amides is 1. The van der Waals surface area contributed by atoms with E-state index in [4.69, 9.17) is 0 Å². The van der Waals surface area contributed by atoms with Gasteiger partial charge in [0.15, 0.2) is 0 Å². The Morgan fingerprint density at radius 2 is 1.81 bits per heavy atom. The van der Waals surface area contributed by atoms with Gasteiger partial charge in [0, 0.05) is 17.8 Å². The third-order valence-electron chi connectivity index (χ3n) is 3.77. The van der Waals surface area contributed by atoms with E-state index in [1.165, 1.54) is 36.4 Å². The van der Waals surface area contributed by atoms with Gasteiger partial charge in [0.1, 0.15) is 17.6 Å². The summed E-state index contributed by atoms with van der Waals surface area (Å²) in [7, 11) is 0. The molecule has 3 rings (SSSR count). The van der Waals surface area contributed by atoms with Crippen molar-refractivity contribution in [3.05, 3.63) is 59.9 Å². The van der Waals surface area contributed by atoms with E-state index in [1.54, 1.807) is 0 Å². The van der Waals surface area contributed by atoms with Crippen molar-refractivity contribution in [1.82, 2.24) is 5.32 Å². The second kappa shape index (κ2) is 7.23. The Hall–Kier alpha value is -2.77. The Kier molecular flexibility index (Phi) is 5.01. The average molecular weight is 368 g/mol. The molecule has 1 aliphatic rings. The highest BCUT2D eigenvalue weighted by molar-refractivity contribution is 5.86. The van der Waals surface area contributed by atoms with E-state index in [0.29, 0.717) is 5.56 Å². The SMILES string of the molecule is O=C(NC1CC1)C(Nc1cccc(OC(F)(F)F)c1)c1ccc(F)cc1. The number of rotatable bonds is 6. The molecule has 0 saturated heterocycles. The summed E-state index contributed by atoms with van der Waals surface area (Å²) in [5.41, 5.74) is 0.763. The Bertz CT molecular complexity index is 774. The third kappa shape index (κ3) is 5.11. The number of carbonyl (C=O) groups is 1. The van der Waals surface area contributed by atoms with Crippen LogP contribution in [0, 0.1) is 5.82 Å². The second-order valence-electron chi connectivity index (χ2n) is 5.99. The summed E-state index contributed by atoms with van der Waals surface area (Å²) in [6.07, 6.45) is -3.04. The molecular weight excluding hydrogens is 352 g/mol. The predicted octanol–water partition coefficient (Wildman–Crippen LogP) is 4.16. The van der Waals surface area contributed by atoms with Crippen LogP contribution in [0.15, 0.2) is 48.5 Å². The third-order valence-corrected chi connectivity index (χ3v) is 3.77. The number of carbonyl (C=O) groups excluding carboxylic acids is 1. The number of alkyl halides is 3. The number of anilines is 1. The first kappa shape index (κ1) is 18.0. The van der Waals surface area contributed by atoms with Crippen LogP contribution in [0.1, 0.15) is 24.4 Å². The van der Waals surface area contributed by atoms with E-state index < -0.39 is 24.0 Å². The van der Waals surface area contributed by atoms with Gasteiger partial charge in [0.05, 0.1) is 0 Å². The van der Waals surface area contributed by atoms with Gasteiger partial charge in [-0.2, -0.15) is 0 Å². The number of ether oxygens (including phenoxy) is 1. The topological polar surface area (TPSA) is 50.4 Å². The first-order chi connectivity index (χ1) is 12.3. The van der Waals surface area contributed by atoms with Crippen LogP contribution in [0.5, 0.6) is 5.75 Å². The summed E-state index contributed by atoms with van der Waals surface area (Å²) in [5, 5.41) is 5.73. The molecule has 1 aliphatic carbocycles. The highest BCUT2D eigenvalue weighted by Crippen LogP contribution is 2.28. The first-order valence-electron chi connectivity index (χ1n) is 7.98. The summed E-state index contributed by atoms with van der Waals surface area (Å²) < 4.78 is 54.2. The van der Waals surface area contributed by atoms with Gasteiger partial charge in [-0.3, -0.25) is 4.79 Å². The Morgan fingerprint density at radius 1 is 1.12 bits per heavy atom. The smallest absolute Gasteiger partial charge is 0.406 e. The molecule has 1 saturated carbocycles. The van der Waals surface area contributed by atoms with Crippen LogP contribution in [0.2, 0.25) is 0 Å². The molecule has 1 atom stereocenters. The summed E-state index contributed by atoms with van der Waals surface area (Å²) in [6.45, 7) is 0. The number of benzene rings is 2. The minimum Gasteiger partial charge on any atom is -0.406 e. The monoisotopic (exact) mass is 368 g/mol. The second-order valence-corrected chi connectivity index (χ2v) is 5.99. The van der Waals surface area contributed by atoms with Crippen LogP contribution in [-0.2, 0) is 4.79 Å². The molecule has 4 nitrogen and oxygen atoms in total. The van der Waals surface area contributed by atoms with Crippen molar-refractivity contribution in [1.29, 1.82) is 0 Å². The van der Waals surface area contributed by atoms with E-state index in [9.17, 15) is 22.4 Å². The fourth-order valence-corrected chi connectivity index (χ4v) is 2.42. The van der Waals surface area contributed by atoms with E-state index >= 15 is 0 Å². The van der Waals surface area contributed by atoms with Crippen molar-refractivity contribution in [2.24, 2.45) is 0 Å². The molecule has 0 aromatic heterocycles. The van der Waals surface area contributed by atoms with E-state index in [-0.39, 0.29) is 17.6 Å². The van der Waals surface area contributed by atoms with Crippen LogP contribution in [0.25, 0.3) is 0 Å². The lowest BCUT2D eigenvalue weighted by molar-refractivity contribution is -0.274. The number of halogens is 4. The van der Waals surface area contributed by atoms with Crippen LogP contribution in [0.4, 0.5) is 23.2 Å². The minimum atomic E-state index is -4.81. The van der Waals surface area contributed by atoms with Gasteiger partial charge in [-0.15, -0.1) is 13.2 Å². The molecule has 1 unspecified atom stereocenters. The zero-order valence-electron chi connectivity index (χ0n) is 13.5. The maximum atomic E-state index is 13.2. The minimum absolute atomic E-state index is 0.104. The molecule has 2 aromatic rings. The van der Waals surface area contributed by atoms with Gasteiger partial charge in [0.2, 0.25) is 5.91 Å². The maximum Gasteiger partial charge on any atom is 0.573 e. The van der Waals surface area contributed by atoms with Crippen molar-refractivity contribution in [2.75, 3.05) is 5.32 Å². The molecule has 1 fully saturated rings. The standard InChI is InChI=1S/C18H16F4N2O2/c19-12-6-4-11(5-7-12)16(17(25)24-13-8-9-13)23-14-2-1-3-15(10-14)26-18(20,21)22/h1-7,10,13,16,23H,8-9H2,(H,24,25). The summed E-state index contributed by atoms with van der Waals surface area (Å²) in [5.74, 6) is -1.18. The quantitative estimate of drug-likeness (QED) is 0.753. The molecule has 0 radical (unpaired) electrons. The average Bonchev–Trinajstić information content (AvgIpc) is 3.36. The zero-order valence-corrected chi connectivity index (χ0v) is 13.5. The molecule has 26 heavy (non-hydrogen) atoms. The van der Waals surface area contributed by atoms with Crippen LogP contribution >= 0.6 is 0 Å². The Labute approximate surface area is 147 Å². The van der Waals surface area contributed by atoms with Crippen molar-refractivity contribution >= 4 is 11.6 Å². The number of hydrogen-bond donors (Lipinski definition) is 2. The van der Waals surface area contributed by atoms with Crippen molar-refractivity contribution in [2.45, 2.75) is 31.3 Å². The van der Waals surface area contributed by atoms with Crippen molar-refractivity contribution < 1.29 is 27.1 Å². The lowest BCUT2D eigenvalue weighted by Gasteiger charge is -2.20. The Morgan fingerprint density at radius 3 is 2.42 bits per heavy atom. The van der Waals surface area contributed by atoms with E-state index in [1.807, 2.05) is 0 Å². The molecule has 8 heteroatoms. The largest absolute Gasteiger partial charge is 0.573 e. The molecule has 2 aromatic carbocycles. The molecule has 0 bridgehead atoms. The highest BCUT2D eigenvalue weighted by atomic mass is 19.4. The molecule has 0 aliphatic heterocycles. The van der Waals surface area contributed by atoms with Gasteiger partial charge in [0.25, 0.3) is 0 Å². The maximum absolute atomic E-state index is 13.2.